The topological polar surface area (TPSA) is 77.5 Å². The van der Waals surface area contributed by atoms with Crippen molar-refractivity contribution in [1.82, 2.24) is 9.80 Å². The Morgan fingerprint density at radius 3 is 2.13 bits per heavy atom. The van der Waals surface area contributed by atoms with Crippen LogP contribution in [0.5, 0.6) is 23.0 Å². The summed E-state index contributed by atoms with van der Waals surface area (Å²) >= 11 is 1.61. The van der Waals surface area contributed by atoms with E-state index in [0.717, 1.165) is 23.3 Å². The minimum atomic E-state index is -0.232. The van der Waals surface area contributed by atoms with Crippen LogP contribution in [0.4, 0.5) is 0 Å². The molecule has 1 aromatic heterocycles. The molecule has 0 fully saturated rings. The fourth-order valence-electron chi connectivity index (χ4n) is 4.16. The van der Waals surface area contributed by atoms with Gasteiger partial charge >= 0.3 is 0 Å². The van der Waals surface area contributed by atoms with Crippen LogP contribution in [0.3, 0.4) is 0 Å². The highest BCUT2D eigenvalue weighted by Crippen LogP contribution is 2.28. The van der Waals surface area contributed by atoms with Gasteiger partial charge in [0.1, 0.15) is 18.0 Å². The van der Waals surface area contributed by atoms with E-state index in [1.54, 1.807) is 62.9 Å². The van der Waals surface area contributed by atoms with Gasteiger partial charge < -0.3 is 28.7 Å². The Hall–Kier alpha value is -3.72. The Balaban J connectivity index is 1.81. The maximum atomic E-state index is 13.7. The standard InChI is InChI=1S/C30H38N2O6S/c1-6-7-13-32(30(34)23-17-24(35-2)19-25(18-23)36-3)21-29(33)31(20-26-9-8-15-39-26)14-12-22-10-11-27(37-4)28(16-22)38-5/h8-11,15-19H,6-7,12-14,20-21H2,1-5H3. The van der Waals surface area contributed by atoms with E-state index < -0.39 is 0 Å². The smallest absolute Gasteiger partial charge is 0.254 e. The van der Waals surface area contributed by atoms with Crippen molar-refractivity contribution in [2.24, 2.45) is 0 Å². The molecule has 0 unspecified atom stereocenters. The average Bonchev–Trinajstić information content (AvgIpc) is 3.49. The van der Waals surface area contributed by atoms with Crippen LogP contribution in [0.2, 0.25) is 0 Å². The number of methoxy groups -OCH3 is 4. The number of rotatable bonds is 15. The van der Waals surface area contributed by atoms with Crippen molar-refractivity contribution >= 4 is 23.2 Å². The molecule has 0 spiro atoms. The Labute approximate surface area is 235 Å². The van der Waals surface area contributed by atoms with Gasteiger partial charge in [0.15, 0.2) is 11.5 Å². The van der Waals surface area contributed by atoms with E-state index in [0.29, 0.717) is 54.6 Å². The molecule has 0 aliphatic rings. The molecule has 9 heteroatoms. The lowest BCUT2D eigenvalue weighted by Crippen LogP contribution is -2.43. The molecule has 8 nitrogen and oxygen atoms in total. The van der Waals surface area contributed by atoms with Gasteiger partial charge in [0.25, 0.3) is 5.91 Å². The first-order valence-electron chi connectivity index (χ1n) is 13.0. The van der Waals surface area contributed by atoms with Gasteiger partial charge in [0.2, 0.25) is 5.91 Å². The van der Waals surface area contributed by atoms with Crippen molar-refractivity contribution in [3.05, 3.63) is 69.9 Å². The number of nitrogens with zero attached hydrogens (tertiary/aromatic N) is 2. The third-order valence-corrected chi connectivity index (χ3v) is 7.25. The molecule has 0 aliphatic carbocycles. The molecule has 2 amide bonds. The molecule has 210 valence electrons. The number of benzene rings is 2. The van der Waals surface area contributed by atoms with Gasteiger partial charge in [-0.3, -0.25) is 9.59 Å². The summed E-state index contributed by atoms with van der Waals surface area (Å²) < 4.78 is 21.5. The van der Waals surface area contributed by atoms with Crippen LogP contribution in [0.15, 0.2) is 53.9 Å². The van der Waals surface area contributed by atoms with Crippen LogP contribution >= 0.6 is 11.3 Å². The fraction of sp³-hybridized carbons (Fsp3) is 0.400. The van der Waals surface area contributed by atoms with Crippen LogP contribution in [-0.4, -0.2) is 69.7 Å². The summed E-state index contributed by atoms with van der Waals surface area (Å²) in [6.07, 6.45) is 2.32. The highest BCUT2D eigenvalue weighted by molar-refractivity contribution is 7.09. The normalized spacial score (nSPS) is 10.6. The first kappa shape index (κ1) is 29.8. The van der Waals surface area contributed by atoms with E-state index in [4.69, 9.17) is 18.9 Å². The summed E-state index contributed by atoms with van der Waals surface area (Å²) in [6.45, 7) is 3.49. The summed E-state index contributed by atoms with van der Waals surface area (Å²) in [5.74, 6) is 2.01. The molecular weight excluding hydrogens is 516 g/mol. The maximum absolute atomic E-state index is 13.7. The van der Waals surface area contributed by atoms with Gasteiger partial charge in [-0.1, -0.05) is 25.5 Å². The Morgan fingerprint density at radius 2 is 1.54 bits per heavy atom. The zero-order chi connectivity index (χ0) is 28.2. The van der Waals surface area contributed by atoms with Crippen molar-refractivity contribution in [3.63, 3.8) is 0 Å². The molecule has 0 saturated carbocycles. The van der Waals surface area contributed by atoms with Crippen LogP contribution in [0.1, 0.15) is 40.6 Å². The molecular formula is C30H38N2O6S. The van der Waals surface area contributed by atoms with Gasteiger partial charge in [0.05, 0.1) is 35.0 Å². The van der Waals surface area contributed by atoms with Crippen LogP contribution < -0.4 is 18.9 Å². The van der Waals surface area contributed by atoms with E-state index in [2.05, 4.69) is 6.92 Å². The predicted octanol–water partition coefficient (Wildman–Crippen LogP) is 5.30. The van der Waals surface area contributed by atoms with E-state index in [-0.39, 0.29) is 18.4 Å². The largest absolute Gasteiger partial charge is 0.497 e. The summed E-state index contributed by atoms with van der Waals surface area (Å²) in [5.41, 5.74) is 1.45. The Morgan fingerprint density at radius 1 is 0.821 bits per heavy atom. The zero-order valence-corrected chi connectivity index (χ0v) is 24.2. The molecule has 2 aromatic carbocycles. The monoisotopic (exact) mass is 554 g/mol. The highest BCUT2D eigenvalue weighted by atomic mass is 32.1. The van der Waals surface area contributed by atoms with Crippen molar-refractivity contribution < 1.29 is 28.5 Å². The molecule has 0 atom stereocenters. The summed E-state index contributed by atoms with van der Waals surface area (Å²) in [7, 11) is 6.30. The minimum Gasteiger partial charge on any atom is -0.497 e. The van der Waals surface area contributed by atoms with Crippen molar-refractivity contribution in [3.8, 4) is 23.0 Å². The van der Waals surface area contributed by atoms with Gasteiger partial charge in [-0.05, 0) is 54.1 Å². The molecule has 0 aliphatic heterocycles. The molecule has 0 N–H and O–H groups in total. The van der Waals surface area contributed by atoms with Crippen molar-refractivity contribution in [2.75, 3.05) is 48.1 Å². The van der Waals surface area contributed by atoms with E-state index in [1.165, 1.54) is 0 Å². The van der Waals surface area contributed by atoms with E-state index in [1.807, 2.05) is 40.6 Å². The minimum absolute atomic E-state index is 0.0182. The number of ether oxygens (including phenoxy) is 4. The second-order valence-electron chi connectivity index (χ2n) is 9.02. The number of carbonyl (C=O) groups is 2. The quantitative estimate of drug-likeness (QED) is 0.254. The van der Waals surface area contributed by atoms with Gasteiger partial charge in [-0.25, -0.2) is 0 Å². The van der Waals surface area contributed by atoms with Gasteiger partial charge in [-0.2, -0.15) is 0 Å². The summed E-state index contributed by atoms with van der Waals surface area (Å²) in [5, 5.41) is 2.00. The molecule has 0 bridgehead atoms. The molecule has 3 rings (SSSR count). The third kappa shape index (κ3) is 8.38. The third-order valence-electron chi connectivity index (χ3n) is 6.39. The SMILES string of the molecule is CCCCN(CC(=O)N(CCc1ccc(OC)c(OC)c1)Cc1cccs1)C(=O)c1cc(OC)cc(OC)c1. The number of unbranched alkanes of at least 4 members (excludes halogenated alkanes) is 1. The lowest BCUT2D eigenvalue weighted by atomic mass is 10.1. The fourth-order valence-corrected chi connectivity index (χ4v) is 4.88. The summed E-state index contributed by atoms with van der Waals surface area (Å²) in [4.78, 5) is 31.8. The molecule has 0 radical (unpaired) electrons. The number of amides is 2. The molecule has 0 saturated heterocycles. The van der Waals surface area contributed by atoms with Crippen molar-refractivity contribution in [1.29, 1.82) is 0 Å². The first-order chi connectivity index (χ1) is 18.9. The second kappa shape index (κ2) is 15.0. The Bertz CT molecular complexity index is 1190. The second-order valence-corrected chi connectivity index (χ2v) is 10.0. The first-order valence-corrected chi connectivity index (χ1v) is 13.8. The number of carbonyl (C=O) groups excluding carboxylic acids is 2. The van der Waals surface area contributed by atoms with Crippen LogP contribution in [0.25, 0.3) is 0 Å². The molecule has 39 heavy (non-hydrogen) atoms. The maximum Gasteiger partial charge on any atom is 0.254 e. The lowest BCUT2D eigenvalue weighted by Gasteiger charge is -2.28. The van der Waals surface area contributed by atoms with Crippen LogP contribution in [-0.2, 0) is 17.8 Å². The van der Waals surface area contributed by atoms with E-state index in [9.17, 15) is 9.59 Å². The number of hydrogen-bond donors (Lipinski definition) is 0. The van der Waals surface area contributed by atoms with Gasteiger partial charge in [-0.15, -0.1) is 11.3 Å². The molecule has 1 heterocycles. The summed E-state index contributed by atoms with van der Waals surface area (Å²) in [6, 6.07) is 14.8. The predicted molar refractivity (Wildman–Crippen MR) is 153 cm³/mol. The van der Waals surface area contributed by atoms with Crippen LogP contribution in [0, 0.1) is 0 Å². The molecule has 3 aromatic rings. The van der Waals surface area contributed by atoms with Gasteiger partial charge in [0, 0.05) is 29.6 Å². The van der Waals surface area contributed by atoms with Crippen molar-refractivity contribution in [2.45, 2.75) is 32.7 Å². The van der Waals surface area contributed by atoms with E-state index >= 15 is 0 Å². The highest BCUT2D eigenvalue weighted by Gasteiger charge is 2.24. The number of thiophene rings is 1. The zero-order valence-electron chi connectivity index (χ0n) is 23.4. The lowest BCUT2D eigenvalue weighted by molar-refractivity contribution is -0.132. The Kier molecular flexibility index (Phi) is 11.5. The average molecular weight is 555 g/mol. The number of hydrogen-bond acceptors (Lipinski definition) is 7.